The van der Waals surface area contributed by atoms with Crippen molar-refractivity contribution in [3.05, 3.63) is 34.9 Å². The fourth-order valence-corrected chi connectivity index (χ4v) is 1.61. The molecule has 0 aromatic heterocycles. The van der Waals surface area contributed by atoms with Crippen LogP contribution < -0.4 is 0 Å². The Kier molecular flexibility index (Phi) is 4.15. The first-order chi connectivity index (χ1) is 6.63. The van der Waals surface area contributed by atoms with Crippen molar-refractivity contribution in [2.45, 2.75) is 26.2 Å². The van der Waals surface area contributed by atoms with Crippen LogP contribution in [0.4, 0.5) is 0 Å². The maximum absolute atomic E-state index is 10.9. The van der Waals surface area contributed by atoms with Gasteiger partial charge in [0.2, 0.25) is 0 Å². The Hall–Kier alpha value is -0.820. The summed E-state index contributed by atoms with van der Waals surface area (Å²) in [6, 6.07) is 7.50. The van der Waals surface area contributed by atoms with Crippen LogP contribution in [0.5, 0.6) is 0 Å². The SMILES string of the molecule is CC(C)CC(C=O)c1ccc(Cl)cc1. The molecular formula is C12H15ClO. The molecule has 0 radical (unpaired) electrons. The van der Waals surface area contributed by atoms with E-state index in [-0.39, 0.29) is 5.92 Å². The van der Waals surface area contributed by atoms with E-state index in [1.54, 1.807) is 0 Å². The lowest BCUT2D eigenvalue weighted by Crippen LogP contribution is -2.04. The molecule has 1 nitrogen and oxygen atoms in total. The summed E-state index contributed by atoms with van der Waals surface area (Å²) in [6.07, 6.45) is 1.91. The summed E-state index contributed by atoms with van der Waals surface area (Å²) in [6.45, 7) is 4.23. The van der Waals surface area contributed by atoms with E-state index in [0.29, 0.717) is 10.9 Å². The highest BCUT2D eigenvalue weighted by Gasteiger charge is 2.11. The van der Waals surface area contributed by atoms with Crippen LogP contribution >= 0.6 is 11.6 Å². The first kappa shape index (κ1) is 11.3. The van der Waals surface area contributed by atoms with Crippen molar-refractivity contribution in [1.82, 2.24) is 0 Å². The quantitative estimate of drug-likeness (QED) is 0.694. The smallest absolute Gasteiger partial charge is 0.127 e. The van der Waals surface area contributed by atoms with Crippen molar-refractivity contribution in [2.24, 2.45) is 5.92 Å². The Labute approximate surface area is 90.1 Å². The lowest BCUT2D eigenvalue weighted by atomic mass is 9.92. The highest BCUT2D eigenvalue weighted by atomic mass is 35.5. The van der Waals surface area contributed by atoms with Gasteiger partial charge < -0.3 is 4.79 Å². The standard InChI is InChI=1S/C12H15ClO/c1-9(2)7-11(8-14)10-3-5-12(13)6-4-10/h3-6,8-9,11H,7H2,1-2H3. The Balaban J connectivity index is 2.78. The molecule has 1 aromatic carbocycles. The summed E-state index contributed by atoms with van der Waals surface area (Å²) in [7, 11) is 0. The summed E-state index contributed by atoms with van der Waals surface area (Å²) < 4.78 is 0. The molecule has 0 heterocycles. The van der Waals surface area contributed by atoms with Crippen molar-refractivity contribution in [2.75, 3.05) is 0 Å². The van der Waals surface area contributed by atoms with Crippen LogP contribution in [0, 0.1) is 5.92 Å². The van der Waals surface area contributed by atoms with Crippen LogP contribution in [0.2, 0.25) is 5.02 Å². The molecule has 0 amide bonds. The Bertz CT molecular complexity index is 290. The van der Waals surface area contributed by atoms with E-state index in [1.807, 2.05) is 24.3 Å². The third kappa shape index (κ3) is 3.15. The van der Waals surface area contributed by atoms with E-state index in [0.717, 1.165) is 18.3 Å². The van der Waals surface area contributed by atoms with Gasteiger partial charge in [0.05, 0.1) is 0 Å². The number of aldehydes is 1. The predicted octanol–water partition coefficient (Wildman–Crippen LogP) is 3.67. The number of halogens is 1. The second-order valence-electron chi connectivity index (χ2n) is 3.92. The van der Waals surface area contributed by atoms with Gasteiger partial charge in [0.15, 0.2) is 0 Å². The van der Waals surface area contributed by atoms with Gasteiger partial charge in [-0.2, -0.15) is 0 Å². The first-order valence-electron chi connectivity index (χ1n) is 4.84. The van der Waals surface area contributed by atoms with Crippen molar-refractivity contribution < 1.29 is 4.79 Å². The van der Waals surface area contributed by atoms with E-state index in [1.165, 1.54) is 0 Å². The van der Waals surface area contributed by atoms with E-state index >= 15 is 0 Å². The first-order valence-corrected chi connectivity index (χ1v) is 5.22. The zero-order chi connectivity index (χ0) is 10.6. The number of carbonyl (C=O) groups excluding carboxylic acids is 1. The summed E-state index contributed by atoms with van der Waals surface area (Å²) in [4.78, 5) is 10.9. The molecule has 1 atom stereocenters. The molecule has 14 heavy (non-hydrogen) atoms. The zero-order valence-electron chi connectivity index (χ0n) is 8.53. The molecule has 0 aliphatic heterocycles. The van der Waals surface area contributed by atoms with Gasteiger partial charge in [-0.15, -0.1) is 0 Å². The topological polar surface area (TPSA) is 17.1 Å². The fraction of sp³-hybridized carbons (Fsp3) is 0.417. The van der Waals surface area contributed by atoms with Gasteiger partial charge in [-0.3, -0.25) is 0 Å². The second-order valence-corrected chi connectivity index (χ2v) is 4.36. The van der Waals surface area contributed by atoms with Crippen LogP contribution in [0.15, 0.2) is 24.3 Å². The number of hydrogen-bond acceptors (Lipinski definition) is 1. The third-order valence-electron chi connectivity index (χ3n) is 2.19. The summed E-state index contributed by atoms with van der Waals surface area (Å²) in [5.74, 6) is 0.535. The molecular weight excluding hydrogens is 196 g/mol. The van der Waals surface area contributed by atoms with Gasteiger partial charge in [0, 0.05) is 10.9 Å². The van der Waals surface area contributed by atoms with Gasteiger partial charge >= 0.3 is 0 Å². The van der Waals surface area contributed by atoms with Gasteiger partial charge in [-0.1, -0.05) is 37.6 Å². The van der Waals surface area contributed by atoms with Crippen molar-refractivity contribution in [1.29, 1.82) is 0 Å². The van der Waals surface area contributed by atoms with Crippen LogP contribution in [0.25, 0.3) is 0 Å². The Morgan fingerprint density at radius 1 is 1.29 bits per heavy atom. The summed E-state index contributed by atoms with van der Waals surface area (Å²) in [5, 5.41) is 0.711. The van der Waals surface area contributed by atoms with Crippen LogP contribution in [-0.2, 0) is 4.79 Å². The van der Waals surface area contributed by atoms with Crippen molar-refractivity contribution in [3.63, 3.8) is 0 Å². The van der Waals surface area contributed by atoms with E-state index in [9.17, 15) is 4.79 Å². The van der Waals surface area contributed by atoms with Gasteiger partial charge in [-0.05, 0) is 30.0 Å². The highest BCUT2D eigenvalue weighted by Crippen LogP contribution is 2.23. The Morgan fingerprint density at radius 3 is 2.29 bits per heavy atom. The normalized spacial score (nSPS) is 12.9. The molecule has 0 spiro atoms. The van der Waals surface area contributed by atoms with E-state index < -0.39 is 0 Å². The fourth-order valence-electron chi connectivity index (χ4n) is 1.49. The molecule has 0 aliphatic rings. The van der Waals surface area contributed by atoms with Crippen molar-refractivity contribution >= 4 is 17.9 Å². The largest absolute Gasteiger partial charge is 0.303 e. The lowest BCUT2D eigenvalue weighted by molar-refractivity contribution is -0.109. The highest BCUT2D eigenvalue weighted by molar-refractivity contribution is 6.30. The molecule has 1 unspecified atom stereocenters. The molecule has 0 fully saturated rings. The van der Waals surface area contributed by atoms with E-state index in [2.05, 4.69) is 13.8 Å². The molecule has 76 valence electrons. The molecule has 2 heteroatoms. The van der Waals surface area contributed by atoms with Crippen molar-refractivity contribution in [3.8, 4) is 0 Å². The number of rotatable bonds is 4. The maximum atomic E-state index is 10.9. The summed E-state index contributed by atoms with van der Waals surface area (Å²) in [5.41, 5.74) is 1.05. The lowest BCUT2D eigenvalue weighted by Gasteiger charge is -2.12. The summed E-state index contributed by atoms with van der Waals surface area (Å²) >= 11 is 5.78. The van der Waals surface area contributed by atoms with Gasteiger partial charge in [-0.25, -0.2) is 0 Å². The predicted molar refractivity (Wildman–Crippen MR) is 59.7 cm³/mol. The molecule has 0 N–H and O–H groups in total. The monoisotopic (exact) mass is 210 g/mol. The molecule has 0 saturated carbocycles. The Morgan fingerprint density at radius 2 is 1.86 bits per heavy atom. The van der Waals surface area contributed by atoms with Gasteiger partial charge in [0.1, 0.15) is 6.29 Å². The van der Waals surface area contributed by atoms with Crippen LogP contribution in [-0.4, -0.2) is 6.29 Å². The zero-order valence-corrected chi connectivity index (χ0v) is 9.29. The minimum Gasteiger partial charge on any atom is -0.303 e. The van der Waals surface area contributed by atoms with Crippen LogP contribution in [0.1, 0.15) is 31.7 Å². The average molecular weight is 211 g/mol. The molecule has 1 rings (SSSR count). The molecule has 0 bridgehead atoms. The maximum Gasteiger partial charge on any atom is 0.127 e. The minimum atomic E-state index is 0.00673. The average Bonchev–Trinajstić information content (AvgIpc) is 2.15. The van der Waals surface area contributed by atoms with Crippen LogP contribution in [0.3, 0.4) is 0 Å². The third-order valence-corrected chi connectivity index (χ3v) is 2.44. The number of benzene rings is 1. The van der Waals surface area contributed by atoms with E-state index in [4.69, 9.17) is 11.6 Å². The number of carbonyl (C=O) groups is 1. The molecule has 1 aromatic rings. The number of hydrogen-bond donors (Lipinski definition) is 0. The molecule has 0 saturated heterocycles. The molecule has 0 aliphatic carbocycles. The second kappa shape index (κ2) is 5.16. The minimum absolute atomic E-state index is 0.00673. The van der Waals surface area contributed by atoms with Gasteiger partial charge in [0.25, 0.3) is 0 Å².